The van der Waals surface area contributed by atoms with Crippen LogP contribution in [0.5, 0.6) is 0 Å². The predicted molar refractivity (Wildman–Crippen MR) is 54.8 cm³/mol. The molecule has 86 valence electrons. The first kappa shape index (κ1) is 12.2. The molecule has 3 N–H and O–H groups in total. The van der Waals surface area contributed by atoms with E-state index in [1.54, 1.807) is 0 Å². The van der Waals surface area contributed by atoms with Crippen LogP contribution in [0.4, 0.5) is 0 Å². The van der Waals surface area contributed by atoms with E-state index in [-0.39, 0.29) is 37.1 Å². The van der Waals surface area contributed by atoms with E-state index in [2.05, 4.69) is 15.7 Å². The Kier molecular flexibility index (Phi) is 4.73. The zero-order valence-electron chi connectivity index (χ0n) is 8.63. The number of rotatable bonds is 5. The van der Waals surface area contributed by atoms with Gasteiger partial charge in [-0.3, -0.25) is 4.84 Å². The quantitative estimate of drug-likeness (QED) is 0.497. The van der Waals surface area contributed by atoms with Crippen molar-refractivity contribution in [1.82, 2.24) is 5.32 Å². The van der Waals surface area contributed by atoms with Crippen LogP contribution in [0.25, 0.3) is 0 Å². The maximum absolute atomic E-state index is 10.3. The minimum Gasteiger partial charge on any atom is -0.311 e. The van der Waals surface area contributed by atoms with Gasteiger partial charge >= 0.3 is 0 Å². The van der Waals surface area contributed by atoms with Crippen LogP contribution in [-0.4, -0.2) is 31.8 Å². The van der Waals surface area contributed by atoms with E-state index in [0.29, 0.717) is 6.54 Å². The van der Waals surface area contributed by atoms with Crippen LogP contribution >= 0.6 is 0 Å². The van der Waals surface area contributed by atoms with Gasteiger partial charge in [-0.25, -0.2) is 5.90 Å². The molecule has 1 heterocycles. The van der Waals surface area contributed by atoms with Gasteiger partial charge in [0.05, 0.1) is 19.2 Å². The fourth-order valence-corrected chi connectivity index (χ4v) is 2.10. The highest BCUT2D eigenvalue weighted by Crippen LogP contribution is 2.25. The highest BCUT2D eigenvalue weighted by atomic mass is 16.6. The third-order valence-electron chi connectivity index (χ3n) is 2.97. The lowest BCUT2D eigenvalue weighted by Gasteiger charge is -2.39. The Morgan fingerprint density at radius 1 is 1.40 bits per heavy atom. The minimum atomic E-state index is -0.303. The van der Waals surface area contributed by atoms with Gasteiger partial charge in [-0.15, -0.1) is 0 Å². The van der Waals surface area contributed by atoms with Crippen LogP contribution in [0.2, 0.25) is 0 Å². The lowest BCUT2D eigenvalue weighted by molar-refractivity contribution is -0.0436. The number of nitrogens with zero attached hydrogens (tertiary/aromatic N) is 2. The predicted octanol–water partition coefficient (Wildman–Crippen LogP) is 0.00220. The average molecular weight is 216 g/mol. The maximum atomic E-state index is 10.3. The average Bonchev–Trinajstić information content (AvgIpc) is 2.23. The van der Waals surface area contributed by atoms with E-state index >= 15 is 0 Å². The van der Waals surface area contributed by atoms with Crippen molar-refractivity contribution in [2.45, 2.75) is 19.1 Å². The molecule has 4 unspecified atom stereocenters. The summed E-state index contributed by atoms with van der Waals surface area (Å²) in [6.07, 6.45) is -0.303. The molecular formula is C8H16N4O3. The molecule has 0 bridgehead atoms. The molecule has 1 rings (SSSR count). The molecule has 0 aromatic heterocycles. The van der Waals surface area contributed by atoms with Crippen molar-refractivity contribution in [3.05, 3.63) is 9.81 Å². The standard InChI is InChI=1S/C8H16N4O3/c1-5-8(15-9)7(4-12-14)6(2-10-5)3-11-13/h5-8,10H,2-4,9H2,1H3. The van der Waals surface area contributed by atoms with Gasteiger partial charge in [0.25, 0.3) is 0 Å². The highest BCUT2D eigenvalue weighted by molar-refractivity contribution is 4.92. The molecule has 0 amide bonds. The topological polar surface area (TPSA) is 106 Å². The molecule has 1 saturated heterocycles. The van der Waals surface area contributed by atoms with Gasteiger partial charge in [0.2, 0.25) is 0 Å². The van der Waals surface area contributed by atoms with Gasteiger partial charge in [-0.2, -0.15) is 9.81 Å². The number of hydrogen-bond acceptors (Lipinski definition) is 7. The Labute approximate surface area is 87.6 Å². The van der Waals surface area contributed by atoms with Crippen LogP contribution in [0.3, 0.4) is 0 Å². The Hall–Kier alpha value is -0.920. The molecule has 1 aliphatic rings. The van der Waals surface area contributed by atoms with Crippen molar-refractivity contribution in [3.63, 3.8) is 0 Å². The number of hydrogen-bond donors (Lipinski definition) is 2. The normalized spacial score (nSPS) is 36.1. The van der Waals surface area contributed by atoms with E-state index in [1.165, 1.54) is 0 Å². The summed E-state index contributed by atoms with van der Waals surface area (Å²) in [5.74, 6) is 5.01. The SMILES string of the molecule is CC1NCC(CN=O)C(CN=O)C1ON. The van der Waals surface area contributed by atoms with Crippen molar-refractivity contribution in [1.29, 1.82) is 0 Å². The van der Waals surface area contributed by atoms with Crippen molar-refractivity contribution in [2.75, 3.05) is 19.6 Å². The van der Waals surface area contributed by atoms with Crippen molar-refractivity contribution in [3.8, 4) is 0 Å². The van der Waals surface area contributed by atoms with E-state index in [9.17, 15) is 9.81 Å². The van der Waals surface area contributed by atoms with E-state index in [4.69, 9.17) is 10.7 Å². The summed E-state index contributed by atoms with van der Waals surface area (Å²) in [6, 6.07) is 0.0460. The molecule has 0 aromatic carbocycles. The minimum absolute atomic E-state index is 0.0371. The largest absolute Gasteiger partial charge is 0.311 e. The van der Waals surface area contributed by atoms with Gasteiger partial charge in [-0.1, -0.05) is 10.4 Å². The lowest BCUT2D eigenvalue weighted by atomic mass is 9.81. The number of nitrogens with two attached hydrogens (primary N) is 1. The Bertz CT molecular complexity index is 226. The van der Waals surface area contributed by atoms with Gasteiger partial charge in [0, 0.05) is 24.4 Å². The third-order valence-corrected chi connectivity index (χ3v) is 2.97. The summed E-state index contributed by atoms with van der Waals surface area (Å²) in [5.41, 5.74) is 0. The summed E-state index contributed by atoms with van der Waals surface area (Å²) in [4.78, 5) is 25.4. The van der Waals surface area contributed by atoms with Crippen molar-refractivity contribution >= 4 is 0 Å². The summed E-state index contributed by atoms with van der Waals surface area (Å²) < 4.78 is 0. The molecule has 1 fully saturated rings. The molecule has 15 heavy (non-hydrogen) atoms. The Morgan fingerprint density at radius 2 is 2.07 bits per heavy atom. The van der Waals surface area contributed by atoms with Gasteiger partial charge in [0.1, 0.15) is 0 Å². The smallest absolute Gasteiger partial charge is 0.0987 e. The second kappa shape index (κ2) is 5.84. The summed E-state index contributed by atoms with van der Waals surface area (Å²) in [6.45, 7) is 2.81. The first-order valence-corrected chi connectivity index (χ1v) is 4.91. The first-order valence-electron chi connectivity index (χ1n) is 4.91. The van der Waals surface area contributed by atoms with Gasteiger partial charge in [0.15, 0.2) is 0 Å². The Balaban J connectivity index is 2.72. The molecule has 7 nitrogen and oxygen atoms in total. The molecule has 4 atom stereocenters. The second-order valence-corrected chi connectivity index (χ2v) is 3.84. The summed E-state index contributed by atoms with van der Waals surface area (Å²) in [7, 11) is 0. The fourth-order valence-electron chi connectivity index (χ4n) is 2.10. The molecule has 0 aliphatic carbocycles. The summed E-state index contributed by atoms with van der Waals surface area (Å²) in [5, 5.41) is 8.88. The molecule has 0 aromatic rings. The zero-order chi connectivity index (χ0) is 11.3. The summed E-state index contributed by atoms with van der Waals surface area (Å²) >= 11 is 0. The highest BCUT2D eigenvalue weighted by Gasteiger charge is 2.38. The van der Waals surface area contributed by atoms with Crippen molar-refractivity contribution < 1.29 is 4.84 Å². The molecule has 0 spiro atoms. The van der Waals surface area contributed by atoms with Crippen LogP contribution in [0.1, 0.15) is 6.92 Å². The molecule has 1 aliphatic heterocycles. The van der Waals surface area contributed by atoms with Crippen LogP contribution in [-0.2, 0) is 4.84 Å². The fraction of sp³-hybridized carbons (Fsp3) is 1.00. The van der Waals surface area contributed by atoms with Gasteiger partial charge in [-0.05, 0) is 6.92 Å². The molecule has 0 radical (unpaired) electrons. The number of piperidine rings is 1. The van der Waals surface area contributed by atoms with E-state index in [0.717, 1.165) is 0 Å². The van der Waals surface area contributed by atoms with Crippen LogP contribution in [0.15, 0.2) is 10.4 Å². The van der Waals surface area contributed by atoms with Crippen LogP contribution < -0.4 is 11.2 Å². The zero-order valence-corrected chi connectivity index (χ0v) is 8.63. The number of nitroso groups, excluding NO2 is 2. The van der Waals surface area contributed by atoms with E-state index < -0.39 is 0 Å². The second-order valence-electron chi connectivity index (χ2n) is 3.84. The molecular weight excluding hydrogens is 200 g/mol. The maximum Gasteiger partial charge on any atom is 0.0987 e. The van der Waals surface area contributed by atoms with Crippen LogP contribution in [0, 0.1) is 21.6 Å². The monoisotopic (exact) mass is 216 g/mol. The number of nitrogens with one attached hydrogen (secondary N) is 1. The van der Waals surface area contributed by atoms with E-state index in [1.807, 2.05) is 6.92 Å². The lowest BCUT2D eigenvalue weighted by Crippen LogP contribution is -2.56. The first-order chi connectivity index (χ1) is 7.24. The third kappa shape index (κ3) is 2.77. The Morgan fingerprint density at radius 3 is 2.60 bits per heavy atom. The van der Waals surface area contributed by atoms with Crippen molar-refractivity contribution in [2.24, 2.45) is 28.1 Å². The molecule has 0 saturated carbocycles. The molecule has 7 heteroatoms. The van der Waals surface area contributed by atoms with Gasteiger partial charge < -0.3 is 5.32 Å².